The van der Waals surface area contributed by atoms with E-state index in [0.717, 1.165) is 0 Å². The molecule has 1 aromatic carbocycles. The minimum atomic E-state index is -0.315. The van der Waals surface area contributed by atoms with Crippen LogP contribution in [0.5, 0.6) is 5.75 Å². The predicted octanol–water partition coefficient (Wildman–Crippen LogP) is 1.92. The highest BCUT2D eigenvalue weighted by Gasteiger charge is 2.12. The minimum absolute atomic E-state index is 0.199. The summed E-state index contributed by atoms with van der Waals surface area (Å²) in [6.07, 6.45) is 1.54. The molecule has 0 aliphatic heterocycles. The number of nitrogens with one attached hydrogen (secondary N) is 1. The Labute approximate surface area is 105 Å². The molecule has 1 aromatic heterocycles. The van der Waals surface area contributed by atoms with Gasteiger partial charge in [-0.15, -0.1) is 0 Å². The second-order valence-corrected chi connectivity index (χ2v) is 3.59. The molecule has 18 heavy (non-hydrogen) atoms. The van der Waals surface area contributed by atoms with Gasteiger partial charge in [-0.3, -0.25) is 4.79 Å². The molecule has 1 amide bonds. The predicted molar refractivity (Wildman–Crippen MR) is 69.6 cm³/mol. The first-order valence-electron chi connectivity index (χ1n) is 5.37. The van der Waals surface area contributed by atoms with Crippen LogP contribution < -0.4 is 15.8 Å². The van der Waals surface area contributed by atoms with Gasteiger partial charge >= 0.3 is 0 Å². The lowest BCUT2D eigenvalue weighted by Crippen LogP contribution is -2.15. The van der Waals surface area contributed by atoms with Crippen LogP contribution in [0.4, 0.5) is 11.5 Å². The third-order valence-electron chi connectivity index (χ3n) is 2.44. The van der Waals surface area contributed by atoms with Gasteiger partial charge in [-0.2, -0.15) is 0 Å². The molecule has 0 aliphatic carbocycles. The first kappa shape index (κ1) is 11.9. The van der Waals surface area contributed by atoms with Crippen LogP contribution in [0.15, 0.2) is 42.6 Å². The molecule has 2 rings (SSSR count). The Bertz CT molecular complexity index is 570. The highest BCUT2D eigenvalue weighted by Crippen LogP contribution is 2.24. The summed E-state index contributed by atoms with van der Waals surface area (Å²) in [5.41, 5.74) is 6.57. The van der Waals surface area contributed by atoms with Gasteiger partial charge in [0, 0.05) is 6.20 Å². The molecular weight excluding hydrogens is 230 g/mol. The van der Waals surface area contributed by atoms with Crippen molar-refractivity contribution in [1.29, 1.82) is 0 Å². The molecule has 0 unspecified atom stereocenters. The summed E-state index contributed by atoms with van der Waals surface area (Å²) in [4.78, 5) is 15.9. The fourth-order valence-electron chi connectivity index (χ4n) is 1.55. The molecule has 5 nitrogen and oxygen atoms in total. The van der Waals surface area contributed by atoms with Crippen molar-refractivity contribution in [2.75, 3.05) is 18.2 Å². The Hall–Kier alpha value is -2.56. The quantitative estimate of drug-likeness (QED) is 0.863. The SMILES string of the molecule is COc1ccccc1NC(=O)c1cccnc1N. The number of rotatable bonds is 3. The Kier molecular flexibility index (Phi) is 3.43. The van der Waals surface area contributed by atoms with Gasteiger partial charge in [-0.25, -0.2) is 4.98 Å². The van der Waals surface area contributed by atoms with Crippen molar-refractivity contribution in [3.63, 3.8) is 0 Å². The maximum atomic E-state index is 12.0. The van der Waals surface area contributed by atoms with Crippen molar-refractivity contribution in [2.45, 2.75) is 0 Å². The largest absolute Gasteiger partial charge is 0.495 e. The normalized spacial score (nSPS) is 9.83. The first-order valence-corrected chi connectivity index (χ1v) is 5.37. The molecular formula is C13H13N3O2. The van der Waals surface area contributed by atoms with Crippen molar-refractivity contribution in [2.24, 2.45) is 0 Å². The lowest BCUT2D eigenvalue weighted by atomic mass is 10.2. The molecule has 5 heteroatoms. The average molecular weight is 243 g/mol. The standard InChI is InChI=1S/C13H13N3O2/c1-18-11-7-3-2-6-10(11)16-13(17)9-5-4-8-15-12(9)14/h2-8H,1H3,(H2,14,15)(H,16,17). The summed E-state index contributed by atoms with van der Waals surface area (Å²) in [6, 6.07) is 10.4. The number of ether oxygens (including phenoxy) is 1. The number of nitrogen functional groups attached to an aromatic ring is 1. The molecule has 0 radical (unpaired) electrons. The van der Waals surface area contributed by atoms with Crippen LogP contribution in [0.2, 0.25) is 0 Å². The van der Waals surface area contributed by atoms with Gasteiger partial charge in [0.1, 0.15) is 11.6 Å². The van der Waals surface area contributed by atoms with Gasteiger partial charge < -0.3 is 15.8 Å². The molecule has 92 valence electrons. The van der Waals surface area contributed by atoms with E-state index in [-0.39, 0.29) is 11.7 Å². The minimum Gasteiger partial charge on any atom is -0.495 e. The first-order chi connectivity index (χ1) is 8.72. The highest BCUT2D eigenvalue weighted by molar-refractivity contribution is 6.07. The van der Waals surface area contributed by atoms with E-state index < -0.39 is 0 Å². The number of para-hydroxylation sites is 2. The number of carbonyl (C=O) groups excluding carboxylic acids is 1. The van der Waals surface area contributed by atoms with Crippen LogP contribution in [0.1, 0.15) is 10.4 Å². The molecule has 0 saturated carbocycles. The molecule has 3 N–H and O–H groups in total. The molecule has 0 bridgehead atoms. The van der Waals surface area contributed by atoms with Crippen molar-refractivity contribution in [1.82, 2.24) is 4.98 Å². The maximum Gasteiger partial charge on any atom is 0.259 e. The summed E-state index contributed by atoms with van der Waals surface area (Å²) in [5, 5.41) is 2.73. The zero-order valence-corrected chi connectivity index (χ0v) is 9.88. The highest BCUT2D eigenvalue weighted by atomic mass is 16.5. The van der Waals surface area contributed by atoms with Crippen molar-refractivity contribution < 1.29 is 9.53 Å². The molecule has 2 aromatic rings. The Morgan fingerprint density at radius 1 is 1.28 bits per heavy atom. The number of methoxy groups -OCH3 is 1. The lowest BCUT2D eigenvalue weighted by molar-refractivity contribution is 0.102. The number of anilines is 2. The monoisotopic (exact) mass is 243 g/mol. The van der Waals surface area contributed by atoms with E-state index >= 15 is 0 Å². The van der Waals surface area contributed by atoms with Crippen molar-refractivity contribution in [3.8, 4) is 5.75 Å². The van der Waals surface area contributed by atoms with E-state index in [4.69, 9.17) is 10.5 Å². The van der Waals surface area contributed by atoms with Crippen LogP contribution in [0, 0.1) is 0 Å². The average Bonchev–Trinajstić information content (AvgIpc) is 2.39. The van der Waals surface area contributed by atoms with E-state index in [0.29, 0.717) is 17.0 Å². The topological polar surface area (TPSA) is 77.2 Å². The summed E-state index contributed by atoms with van der Waals surface area (Å²) >= 11 is 0. The number of carbonyl (C=O) groups is 1. The number of nitrogens with zero attached hydrogens (tertiary/aromatic N) is 1. The van der Waals surface area contributed by atoms with Crippen LogP contribution in [-0.2, 0) is 0 Å². The fourth-order valence-corrected chi connectivity index (χ4v) is 1.55. The molecule has 0 saturated heterocycles. The second kappa shape index (κ2) is 5.18. The number of nitrogens with two attached hydrogens (primary N) is 1. The van der Waals surface area contributed by atoms with Crippen molar-refractivity contribution >= 4 is 17.4 Å². The maximum absolute atomic E-state index is 12.0. The number of aromatic nitrogens is 1. The fraction of sp³-hybridized carbons (Fsp3) is 0.0769. The Balaban J connectivity index is 2.24. The summed E-state index contributed by atoms with van der Waals surface area (Å²) in [5.74, 6) is 0.475. The summed E-state index contributed by atoms with van der Waals surface area (Å²) < 4.78 is 5.15. The zero-order chi connectivity index (χ0) is 13.0. The lowest BCUT2D eigenvalue weighted by Gasteiger charge is -2.10. The van der Waals surface area contributed by atoms with Gasteiger partial charge in [0.2, 0.25) is 0 Å². The van der Waals surface area contributed by atoms with E-state index in [1.54, 1.807) is 31.4 Å². The van der Waals surface area contributed by atoms with Crippen molar-refractivity contribution in [3.05, 3.63) is 48.2 Å². The number of hydrogen-bond acceptors (Lipinski definition) is 4. The van der Waals surface area contributed by atoms with Crippen LogP contribution in [0.3, 0.4) is 0 Å². The van der Waals surface area contributed by atoms with Gasteiger partial charge in [-0.1, -0.05) is 12.1 Å². The molecule has 0 atom stereocenters. The third kappa shape index (κ3) is 2.40. The molecule has 0 aliphatic rings. The summed E-state index contributed by atoms with van der Waals surface area (Å²) in [6.45, 7) is 0. The number of benzene rings is 1. The van der Waals surface area contributed by atoms with E-state index in [9.17, 15) is 4.79 Å². The van der Waals surface area contributed by atoms with E-state index in [2.05, 4.69) is 10.3 Å². The third-order valence-corrected chi connectivity index (χ3v) is 2.44. The van der Waals surface area contributed by atoms with Crippen LogP contribution >= 0.6 is 0 Å². The van der Waals surface area contributed by atoms with Gasteiger partial charge in [0.15, 0.2) is 0 Å². The second-order valence-electron chi connectivity index (χ2n) is 3.59. The molecule has 0 fully saturated rings. The zero-order valence-electron chi connectivity index (χ0n) is 9.88. The van der Waals surface area contributed by atoms with E-state index in [1.165, 1.54) is 6.20 Å². The van der Waals surface area contributed by atoms with Crippen LogP contribution in [0.25, 0.3) is 0 Å². The van der Waals surface area contributed by atoms with Gasteiger partial charge in [0.25, 0.3) is 5.91 Å². The molecule has 0 spiro atoms. The number of pyridine rings is 1. The number of hydrogen-bond donors (Lipinski definition) is 2. The smallest absolute Gasteiger partial charge is 0.259 e. The van der Waals surface area contributed by atoms with Crippen LogP contribution in [-0.4, -0.2) is 18.0 Å². The van der Waals surface area contributed by atoms with Gasteiger partial charge in [-0.05, 0) is 24.3 Å². The summed E-state index contributed by atoms with van der Waals surface area (Å²) in [7, 11) is 1.55. The molecule has 1 heterocycles. The van der Waals surface area contributed by atoms with Gasteiger partial charge in [0.05, 0.1) is 18.4 Å². The number of amides is 1. The van der Waals surface area contributed by atoms with E-state index in [1.807, 2.05) is 12.1 Å². The Morgan fingerprint density at radius 3 is 2.78 bits per heavy atom. The Morgan fingerprint density at radius 2 is 2.06 bits per heavy atom.